The first-order valence-corrected chi connectivity index (χ1v) is 8.95. The van der Waals surface area contributed by atoms with E-state index in [2.05, 4.69) is 62.8 Å². The van der Waals surface area contributed by atoms with Gasteiger partial charge in [-0.1, -0.05) is 11.6 Å². The van der Waals surface area contributed by atoms with Crippen molar-refractivity contribution in [1.29, 1.82) is 0 Å². The predicted molar refractivity (Wildman–Crippen MR) is 107 cm³/mol. The van der Waals surface area contributed by atoms with Crippen molar-refractivity contribution in [3.63, 3.8) is 0 Å². The molecule has 0 saturated carbocycles. The van der Waals surface area contributed by atoms with Gasteiger partial charge in [-0.25, -0.2) is 15.0 Å². The predicted octanol–water partition coefficient (Wildman–Crippen LogP) is 4.05. The van der Waals surface area contributed by atoms with E-state index in [9.17, 15) is 0 Å². The van der Waals surface area contributed by atoms with Crippen LogP contribution in [0, 0.1) is 0 Å². The fourth-order valence-electron chi connectivity index (χ4n) is 0.847. The molecule has 0 amide bonds. The summed E-state index contributed by atoms with van der Waals surface area (Å²) < 4.78 is 1.45. The smallest absolute Gasteiger partial charge is 0.224 e. The van der Waals surface area contributed by atoms with Gasteiger partial charge in [0.05, 0.1) is 8.95 Å². The van der Waals surface area contributed by atoms with Crippen molar-refractivity contribution in [1.82, 2.24) is 19.9 Å². The van der Waals surface area contributed by atoms with Gasteiger partial charge in [-0.15, -0.1) is 0 Å². The van der Waals surface area contributed by atoms with E-state index in [1.807, 2.05) is 0 Å². The third kappa shape index (κ3) is 12.1. The number of hydrogen-bond acceptors (Lipinski definition) is 7. The summed E-state index contributed by atoms with van der Waals surface area (Å²) in [5, 5.41) is 11.2. The zero-order valence-corrected chi connectivity index (χ0v) is 18.5. The lowest BCUT2D eigenvalue weighted by Gasteiger charge is -1.99. The molecule has 136 valence electrons. The number of rotatable bonds is 1. The first kappa shape index (κ1) is 25.9. The molecule has 0 spiro atoms. The molecule has 0 aliphatic rings. The van der Waals surface area contributed by atoms with Gasteiger partial charge in [0.25, 0.3) is 0 Å². The van der Waals surface area contributed by atoms with Crippen LogP contribution >= 0.6 is 66.7 Å². The van der Waals surface area contributed by atoms with Gasteiger partial charge in [-0.2, -0.15) is 4.98 Å². The lowest BCUT2D eigenvalue weighted by atomic mass is 10.6. The molecule has 0 saturated heterocycles. The molecular weight excluding hydrogens is 510 g/mol. The molecule has 0 aliphatic carbocycles. The molecule has 4 N–H and O–H groups in total. The molecule has 0 fully saturated rings. The number of anilines is 1. The van der Waals surface area contributed by atoms with Crippen LogP contribution in [0.5, 0.6) is 0 Å². The van der Waals surface area contributed by atoms with Gasteiger partial charge in [0.15, 0.2) is 0 Å². The third-order valence-electron chi connectivity index (χ3n) is 1.62. The lowest BCUT2D eigenvalue weighted by molar-refractivity contribution is 0.318. The van der Waals surface area contributed by atoms with Gasteiger partial charge in [-0.05, 0) is 69.0 Å². The van der Waals surface area contributed by atoms with E-state index < -0.39 is 0 Å². The van der Waals surface area contributed by atoms with Crippen molar-refractivity contribution in [3.05, 3.63) is 37.1 Å². The summed E-state index contributed by atoms with van der Waals surface area (Å²) in [6.45, 7) is 1.93. The number of nitrogens with zero attached hydrogens (tertiary/aromatic N) is 4. The molecule has 2 aromatic heterocycles. The molecule has 7 nitrogen and oxygen atoms in total. The van der Waals surface area contributed by atoms with Gasteiger partial charge in [0.2, 0.25) is 10.6 Å². The minimum atomic E-state index is 0.156. The number of aromatic nitrogens is 4. The molecule has 0 radical (unpaired) electrons. The topological polar surface area (TPSA) is 110 Å². The maximum atomic E-state index is 7.57. The van der Waals surface area contributed by atoms with Crippen molar-refractivity contribution in [2.75, 3.05) is 26.0 Å². The van der Waals surface area contributed by atoms with Crippen molar-refractivity contribution < 1.29 is 5.11 Å². The summed E-state index contributed by atoms with van der Waals surface area (Å²) in [5.41, 5.74) is 4.50. The number of aliphatic hydroxyl groups is 1. The summed E-state index contributed by atoms with van der Waals surface area (Å²) in [4.78, 5) is 15.0. The first-order chi connectivity index (χ1) is 11.3. The Morgan fingerprint density at radius 3 is 1.79 bits per heavy atom. The molecule has 0 aromatic carbocycles. The summed E-state index contributed by atoms with van der Waals surface area (Å²) in [6, 6.07) is 0. The third-order valence-corrected chi connectivity index (χ3v) is 3.66. The number of halogens is 5. The minimum Gasteiger partial charge on any atom is -0.397 e. The van der Waals surface area contributed by atoms with E-state index in [0.717, 1.165) is 4.47 Å². The highest BCUT2D eigenvalue weighted by Gasteiger charge is 1.99. The number of nitrogens with two attached hydrogens (primary N) is 1. The molecule has 0 aliphatic heterocycles. The van der Waals surface area contributed by atoms with Crippen molar-refractivity contribution in [2.45, 2.75) is 6.92 Å². The minimum absolute atomic E-state index is 0.156. The van der Waals surface area contributed by atoms with Gasteiger partial charge in [0.1, 0.15) is 11.0 Å². The summed E-state index contributed by atoms with van der Waals surface area (Å²) in [6.07, 6.45) is 3.10. The van der Waals surface area contributed by atoms with Crippen LogP contribution in [0.3, 0.4) is 0 Å². The largest absolute Gasteiger partial charge is 0.397 e. The van der Waals surface area contributed by atoms with Crippen LogP contribution in [-0.2, 0) is 0 Å². The van der Waals surface area contributed by atoms with E-state index in [1.165, 1.54) is 13.2 Å². The fraction of sp³-hybridized carbons (Fsp3) is 0.333. The zero-order chi connectivity index (χ0) is 19.1. The molecule has 2 aromatic rings. The van der Waals surface area contributed by atoms with Crippen LogP contribution in [0.4, 0.5) is 5.82 Å². The van der Waals surface area contributed by atoms with Crippen LogP contribution in [-0.4, -0.2) is 45.7 Å². The van der Waals surface area contributed by atoms with Gasteiger partial charge >= 0.3 is 0 Å². The summed E-state index contributed by atoms with van der Waals surface area (Å²) in [7, 11) is 3.27. The number of hydrogen-bond donors (Lipinski definition) is 3. The number of nitrogens with one attached hydrogen (secondary N) is 1. The molecule has 0 bridgehead atoms. The second-order valence-corrected chi connectivity index (χ2v) is 5.92. The Kier molecular flexibility index (Phi) is 17.5. The Labute approximate surface area is 172 Å². The quantitative estimate of drug-likeness (QED) is 0.379. The van der Waals surface area contributed by atoms with E-state index in [4.69, 9.17) is 39.9 Å². The fourth-order valence-corrected chi connectivity index (χ4v) is 1.87. The normalized spacial score (nSPS) is 8.58. The second kappa shape index (κ2) is 16.2. The maximum Gasteiger partial charge on any atom is 0.224 e. The molecule has 2 heterocycles. The van der Waals surface area contributed by atoms with Crippen LogP contribution < -0.4 is 11.1 Å². The maximum absolute atomic E-state index is 7.57. The standard InChI is InChI=1S/C5H5BrClN3.C4HBrCl2N2.C2H6O.CH5N/c1-8-4-3(6)2-9-5(7)10-4;5-2-1-8-4(7)9-3(2)6;1-2-3;1-2/h2H,1H3,(H,8,9,10);1H;3H,2H2,1H3;2H2,1H3. The van der Waals surface area contributed by atoms with E-state index in [1.54, 1.807) is 20.2 Å². The van der Waals surface area contributed by atoms with Crippen LogP contribution in [0.25, 0.3) is 0 Å². The van der Waals surface area contributed by atoms with E-state index in [-0.39, 0.29) is 17.2 Å². The second-order valence-electron chi connectivity index (χ2n) is 3.18. The molecular formula is C12H17Br2Cl3N6O. The molecule has 0 atom stereocenters. The van der Waals surface area contributed by atoms with E-state index in [0.29, 0.717) is 15.4 Å². The van der Waals surface area contributed by atoms with Crippen molar-refractivity contribution >= 4 is 72.5 Å². The molecule has 12 heteroatoms. The van der Waals surface area contributed by atoms with Gasteiger partial charge < -0.3 is 16.2 Å². The molecule has 24 heavy (non-hydrogen) atoms. The Hall–Kier alpha value is -0.290. The summed E-state index contributed by atoms with van der Waals surface area (Å²) >= 11 is 22.8. The highest BCUT2D eigenvalue weighted by molar-refractivity contribution is 9.11. The Morgan fingerprint density at radius 1 is 1.04 bits per heavy atom. The molecule has 2 rings (SSSR count). The van der Waals surface area contributed by atoms with Gasteiger partial charge in [-0.3, -0.25) is 0 Å². The highest BCUT2D eigenvalue weighted by Crippen LogP contribution is 2.19. The average molecular weight is 527 g/mol. The first-order valence-electron chi connectivity index (χ1n) is 6.23. The highest BCUT2D eigenvalue weighted by atomic mass is 79.9. The van der Waals surface area contributed by atoms with Crippen LogP contribution in [0.2, 0.25) is 15.7 Å². The van der Waals surface area contributed by atoms with Crippen LogP contribution in [0.15, 0.2) is 21.3 Å². The van der Waals surface area contributed by atoms with Crippen molar-refractivity contribution in [2.24, 2.45) is 5.73 Å². The van der Waals surface area contributed by atoms with Crippen molar-refractivity contribution in [3.8, 4) is 0 Å². The van der Waals surface area contributed by atoms with Crippen LogP contribution in [0.1, 0.15) is 6.92 Å². The Balaban J connectivity index is 0. The Bertz CT molecular complexity index is 595. The zero-order valence-electron chi connectivity index (χ0n) is 13.1. The Morgan fingerprint density at radius 2 is 1.46 bits per heavy atom. The van der Waals surface area contributed by atoms with E-state index >= 15 is 0 Å². The lowest BCUT2D eigenvalue weighted by Crippen LogP contribution is -1.94. The molecule has 0 unspecified atom stereocenters. The average Bonchev–Trinajstić information content (AvgIpc) is 2.57. The SMILES string of the molecule is CCO.CN.CNc1nc(Cl)ncc1Br.Clc1ncc(Br)c(Cl)n1. The number of aliphatic hydroxyl groups excluding tert-OH is 1. The van der Waals surface area contributed by atoms with Gasteiger partial charge in [0, 0.05) is 26.0 Å². The summed E-state index contributed by atoms with van der Waals surface area (Å²) in [5.74, 6) is 0.694. The monoisotopic (exact) mass is 524 g/mol.